The van der Waals surface area contributed by atoms with Crippen molar-refractivity contribution in [1.29, 1.82) is 0 Å². The van der Waals surface area contributed by atoms with E-state index in [4.69, 9.17) is 0 Å². The van der Waals surface area contributed by atoms with Gasteiger partial charge in [-0.3, -0.25) is 4.79 Å². The molecule has 2 bridgehead atoms. The molecule has 2 aliphatic rings. The minimum absolute atomic E-state index is 0.387. The van der Waals surface area contributed by atoms with E-state index in [1.807, 2.05) is 0 Å². The number of carbonyl (C=O) groups is 1. The second-order valence-corrected chi connectivity index (χ2v) is 4.08. The van der Waals surface area contributed by atoms with Gasteiger partial charge in [0.25, 0.3) is 0 Å². The molecule has 0 aromatic heterocycles. The van der Waals surface area contributed by atoms with Gasteiger partial charge in [-0.2, -0.15) is 0 Å². The zero-order valence-corrected chi connectivity index (χ0v) is 7.75. The summed E-state index contributed by atoms with van der Waals surface area (Å²) in [5.74, 6) is 1.33. The first-order valence-electron chi connectivity index (χ1n) is 5.07. The Hall–Kier alpha value is -0.370. The molecule has 68 valence electrons. The van der Waals surface area contributed by atoms with E-state index in [0.717, 1.165) is 32.5 Å². The Morgan fingerprint density at radius 2 is 1.92 bits per heavy atom. The van der Waals surface area contributed by atoms with Crippen LogP contribution in [0.5, 0.6) is 0 Å². The predicted molar refractivity (Wildman–Crippen MR) is 48.0 cm³/mol. The quantitative estimate of drug-likeness (QED) is 0.587. The lowest BCUT2D eigenvalue weighted by Crippen LogP contribution is -2.48. The van der Waals surface area contributed by atoms with Crippen LogP contribution < -0.4 is 0 Å². The molecule has 1 saturated carbocycles. The molecule has 0 unspecified atom stereocenters. The van der Waals surface area contributed by atoms with Crippen LogP contribution in [-0.2, 0) is 4.79 Å². The SMILES string of the molecule is CCN1C[C@H]2CCC[C@@H](C1)C2=O. The minimum Gasteiger partial charge on any atom is -0.302 e. The number of nitrogens with zero attached hydrogens (tertiary/aromatic N) is 1. The summed E-state index contributed by atoms with van der Waals surface area (Å²) < 4.78 is 0. The van der Waals surface area contributed by atoms with E-state index < -0.39 is 0 Å². The molecule has 2 atom stereocenters. The van der Waals surface area contributed by atoms with Gasteiger partial charge >= 0.3 is 0 Å². The van der Waals surface area contributed by atoms with Crippen molar-refractivity contribution in [2.75, 3.05) is 19.6 Å². The van der Waals surface area contributed by atoms with Gasteiger partial charge < -0.3 is 4.90 Å². The first-order valence-corrected chi connectivity index (χ1v) is 5.07. The van der Waals surface area contributed by atoms with Crippen molar-refractivity contribution in [1.82, 2.24) is 4.90 Å². The maximum absolute atomic E-state index is 11.6. The molecule has 2 heteroatoms. The van der Waals surface area contributed by atoms with Crippen LogP contribution in [0.15, 0.2) is 0 Å². The number of hydrogen-bond donors (Lipinski definition) is 0. The fourth-order valence-corrected chi connectivity index (χ4v) is 2.55. The van der Waals surface area contributed by atoms with Crippen LogP contribution in [0, 0.1) is 11.8 Å². The van der Waals surface area contributed by atoms with Crippen molar-refractivity contribution >= 4 is 5.78 Å². The highest BCUT2D eigenvalue weighted by molar-refractivity contribution is 5.85. The summed E-state index contributed by atoms with van der Waals surface area (Å²) in [6.07, 6.45) is 3.57. The lowest BCUT2D eigenvalue weighted by atomic mass is 9.77. The van der Waals surface area contributed by atoms with Crippen LogP contribution in [0.3, 0.4) is 0 Å². The maximum atomic E-state index is 11.6. The number of Topliss-reactive ketones (excluding diaryl/α,β-unsaturated/α-hetero) is 1. The van der Waals surface area contributed by atoms with E-state index in [1.165, 1.54) is 6.42 Å². The topological polar surface area (TPSA) is 20.3 Å². The number of rotatable bonds is 1. The summed E-state index contributed by atoms with van der Waals surface area (Å²) in [5.41, 5.74) is 0. The molecular formula is C10H17NO. The lowest BCUT2D eigenvalue weighted by Gasteiger charge is -2.39. The molecule has 1 aliphatic heterocycles. The summed E-state index contributed by atoms with van der Waals surface area (Å²) in [5, 5.41) is 0. The molecule has 2 fully saturated rings. The van der Waals surface area contributed by atoms with Gasteiger partial charge in [0.1, 0.15) is 5.78 Å². The molecule has 0 aromatic rings. The van der Waals surface area contributed by atoms with E-state index in [2.05, 4.69) is 11.8 Å². The Kier molecular flexibility index (Phi) is 2.18. The van der Waals surface area contributed by atoms with E-state index in [0.29, 0.717) is 17.6 Å². The highest BCUT2D eigenvalue weighted by Crippen LogP contribution is 2.31. The summed E-state index contributed by atoms with van der Waals surface area (Å²) >= 11 is 0. The van der Waals surface area contributed by atoms with E-state index in [9.17, 15) is 4.79 Å². The van der Waals surface area contributed by atoms with Crippen molar-refractivity contribution in [3.05, 3.63) is 0 Å². The third kappa shape index (κ3) is 1.28. The van der Waals surface area contributed by atoms with Crippen LogP contribution in [-0.4, -0.2) is 30.3 Å². The number of piperidine rings is 1. The second-order valence-electron chi connectivity index (χ2n) is 4.08. The third-order valence-corrected chi connectivity index (χ3v) is 3.31. The zero-order chi connectivity index (χ0) is 8.55. The Labute approximate surface area is 73.9 Å². The van der Waals surface area contributed by atoms with Gasteiger partial charge in [0, 0.05) is 24.9 Å². The Morgan fingerprint density at radius 3 is 2.42 bits per heavy atom. The van der Waals surface area contributed by atoms with Gasteiger partial charge in [0.15, 0.2) is 0 Å². The van der Waals surface area contributed by atoms with Crippen LogP contribution in [0.25, 0.3) is 0 Å². The van der Waals surface area contributed by atoms with Gasteiger partial charge in [0.2, 0.25) is 0 Å². The van der Waals surface area contributed by atoms with Crippen LogP contribution in [0.2, 0.25) is 0 Å². The molecule has 0 aromatic carbocycles. The molecule has 0 amide bonds. The average molecular weight is 167 g/mol. The molecular weight excluding hydrogens is 150 g/mol. The number of carbonyl (C=O) groups excluding carboxylic acids is 1. The minimum atomic E-state index is 0.387. The van der Waals surface area contributed by atoms with Gasteiger partial charge in [0.05, 0.1) is 0 Å². The highest BCUT2D eigenvalue weighted by Gasteiger charge is 2.36. The second kappa shape index (κ2) is 3.17. The molecule has 2 rings (SSSR count). The van der Waals surface area contributed by atoms with E-state index >= 15 is 0 Å². The zero-order valence-electron chi connectivity index (χ0n) is 7.75. The Balaban J connectivity index is 2.07. The number of hydrogen-bond acceptors (Lipinski definition) is 2. The Morgan fingerprint density at radius 1 is 1.33 bits per heavy atom. The summed E-state index contributed by atoms with van der Waals surface area (Å²) in [6, 6.07) is 0. The molecule has 0 radical (unpaired) electrons. The van der Waals surface area contributed by atoms with Gasteiger partial charge in [-0.25, -0.2) is 0 Å². The number of fused-ring (bicyclic) bond motifs is 2. The van der Waals surface area contributed by atoms with Crippen molar-refractivity contribution in [3.63, 3.8) is 0 Å². The highest BCUT2D eigenvalue weighted by atomic mass is 16.1. The summed E-state index contributed by atoms with van der Waals surface area (Å²) in [4.78, 5) is 14.1. The maximum Gasteiger partial charge on any atom is 0.141 e. The first kappa shape index (κ1) is 8.24. The van der Waals surface area contributed by atoms with Crippen LogP contribution >= 0.6 is 0 Å². The van der Waals surface area contributed by atoms with Crippen molar-refractivity contribution in [3.8, 4) is 0 Å². The third-order valence-electron chi connectivity index (χ3n) is 3.31. The summed E-state index contributed by atoms with van der Waals surface area (Å²) in [6.45, 7) is 5.36. The van der Waals surface area contributed by atoms with Gasteiger partial charge in [-0.1, -0.05) is 13.3 Å². The molecule has 2 nitrogen and oxygen atoms in total. The van der Waals surface area contributed by atoms with E-state index in [-0.39, 0.29) is 0 Å². The van der Waals surface area contributed by atoms with Crippen molar-refractivity contribution < 1.29 is 4.79 Å². The molecule has 0 N–H and O–H groups in total. The fraction of sp³-hybridized carbons (Fsp3) is 0.900. The Bertz CT molecular complexity index is 174. The molecule has 12 heavy (non-hydrogen) atoms. The predicted octanol–water partition coefficient (Wildman–Crippen LogP) is 1.31. The van der Waals surface area contributed by atoms with Crippen molar-refractivity contribution in [2.45, 2.75) is 26.2 Å². The monoisotopic (exact) mass is 167 g/mol. The molecule has 1 heterocycles. The number of likely N-dealkylation sites (tertiary alicyclic amines) is 1. The fourth-order valence-electron chi connectivity index (χ4n) is 2.55. The number of ketones is 1. The van der Waals surface area contributed by atoms with E-state index in [1.54, 1.807) is 0 Å². The first-order chi connectivity index (χ1) is 5.81. The van der Waals surface area contributed by atoms with Crippen molar-refractivity contribution in [2.24, 2.45) is 11.8 Å². The normalized spacial score (nSPS) is 36.9. The largest absolute Gasteiger partial charge is 0.302 e. The molecule has 1 saturated heterocycles. The molecule has 1 aliphatic carbocycles. The standard InChI is InChI=1S/C10H17NO/c1-2-11-6-8-4-3-5-9(7-11)10(8)12/h8-9H,2-7H2,1H3/t8-,9+. The van der Waals surface area contributed by atoms with Gasteiger partial charge in [-0.05, 0) is 19.4 Å². The van der Waals surface area contributed by atoms with Gasteiger partial charge in [-0.15, -0.1) is 0 Å². The van der Waals surface area contributed by atoms with Crippen LogP contribution in [0.4, 0.5) is 0 Å². The molecule has 0 spiro atoms. The average Bonchev–Trinajstić information content (AvgIpc) is 2.04. The smallest absolute Gasteiger partial charge is 0.141 e. The van der Waals surface area contributed by atoms with Crippen LogP contribution in [0.1, 0.15) is 26.2 Å². The lowest BCUT2D eigenvalue weighted by molar-refractivity contribution is -0.134. The summed E-state index contributed by atoms with van der Waals surface area (Å²) in [7, 11) is 0.